The van der Waals surface area contributed by atoms with E-state index in [0.29, 0.717) is 22.3 Å². The van der Waals surface area contributed by atoms with E-state index < -0.39 is 0 Å². The highest BCUT2D eigenvalue weighted by Gasteiger charge is 2.22. The third-order valence-electron chi connectivity index (χ3n) is 4.60. The monoisotopic (exact) mass is 405 g/mol. The summed E-state index contributed by atoms with van der Waals surface area (Å²) in [7, 11) is 3.06. The first kappa shape index (κ1) is 20.1. The van der Waals surface area contributed by atoms with Gasteiger partial charge in [-0.2, -0.15) is 4.98 Å². The minimum Gasteiger partial charge on any atom is -0.493 e. The highest BCUT2D eigenvalue weighted by molar-refractivity contribution is 7.99. The van der Waals surface area contributed by atoms with Crippen LogP contribution < -0.4 is 20.3 Å². The standard InChI is InChI=1S/C19H23N3O5S/c1-26-14-8-7-12(9-15(14)27-2)20-17(24)11-28-19-21-16(23)10-18(25)22(19)13-5-3-4-6-13/h7-10,13,23H,3-6,11H2,1-2H3,(H,20,24). The second-order valence-corrected chi connectivity index (χ2v) is 7.39. The number of methoxy groups -OCH3 is 2. The summed E-state index contributed by atoms with van der Waals surface area (Å²) in [6.45, 7) is 0. The van der Waals surface area contributed by atoms with Crippen LogP contribution in [0.1, 0.15) is 31.7 Å². The molecular weight excluding hydrogens is 382 g/mol. The summed E-state index contributed by atoms with van der Waals surface area (Å²) in [6, 6.07) is 6.27. The van der Waals surface area contributed by atoms with Crippen LogP contribution in [0.5, 0.6) is 17.4 Å². The van der Waals surface area contributed by atoms with Crippen LogP contribution in [-0.2, 0) is 4.79 Å². The molecule has 0 unspecified atom stereocenters. The van der Waals surface area contributed by atoms with E-state index in [0.717, 1.165) is 43.5 Å². The van der Waals surface area contributed by atoms with Crippen molar-refractivity contribution < 1.29 is 19.4 Å². The zero-order valence-electron chi connectivity index (χ0n) is 15.8. The van der Waals surface area contributed by atoms with E-state index in [-0.39, 0.29) is 29.1 Å². The van der Waals surface area contributed by atoms with Crippen LogP contribution in [0.15, 0.2) is 34.2 Å². The second kappa shape index (κ2) is 9.01. The highest BCUT2D eigenvalue weighted by Crippen LogP contribution is 2.32. The van der Waals surface area contributed by atoms with Gasteiger partial charge in [0.05, 0.1) is 26.0 Å². The van der Waals surface area contributed by atoms with Gasteiger partial charge in [0.2, 0.25) is 11.8 Å². The Morgan fingerprint density at radius 3 is 2.64 bits per heavy atom. The maximum Gasteiger partial charge on any atom is 0.258 e. The predicted octanol–water partition coefficient (Wildman–Crippen LogP) is 2.81. The fourth-order valence-electron chi connectivity index (χ4n) is 3.30. The van der Waals surface area contributed by atoms with Crippen molar-refractivity contribution in [3.63, 3.8) is 0 Å². The predicted molar refractivity (Wildman–Crippen MR) is 107 cm³/mol. The molecule has 1 heterocycles. The molecule has 9 heteroatoms. The Morgan fingerprint density at radius 2 is 1.96 bits per heavy atom. The SMILES string of the molecule is COc1ccc(NC(=O)CSc2nc(O)cc(=O)n2C2CCCC2)cc1OC. The average molecular weight is 405 g/mol. The normalized spacial score (nSPS) is 14.1. The van der Waals surface area contributed by atoms with Gasteiger partial charge < -0.3 is 19.9 Å². The van der Waals surface area contributed by atoms with Gasteiger partial charge in [0.25, 0.3) is 5.56 Å². The molecule has 0 saturated heterocycles. The highest BCUT2D eigenvalue weighted by atomic mass is 32.2. The molecule has 2 aromatic rings. The number of rotatable bonds is 7. The van der Waals surface area contributed by atoms with Gasteiger partial charge in [-0.1, -0.05) is 24.6 Å². The largest absolute Gasteiger partial charge is 0.493 e. The summed E-state index contributed by atoms with van der Waals surface area (Å²) in [4.78, 5) is 28.8. The van der Waals surface area contributed by atoms with Gasteiger partial charge in [0.15, 0.2) is 16.7 Å². The number of carbonyl (C=O) groups is 1. The van der Waals surface area contributed by atoms with Crippen molar-refractivity contribution in [3.05, 3.63) is 34.6 Å². The number of hydrogen-bond acceptors (Lipinski definition) is 7. The molecule has 0 aliphatic heterocycles. The molecular formula is C19H23N3O5S. The molecule has 0 atom stereocenters. The smallest absolute Gasteiger partial charge is 0.258 e. The minimum atomic E-state index is -0.331. The van der Waals surface area contributed by atoms with Crippen molar-refractivity contribution >= 4 is 23.4 Å². The van der Waals surface area contributed by atoms with Crippen molar-refractivity contribution in [2.45, 2.75) is 36.9 Å². The Bertz CT molecular complexity index is 909. The van der Waals surface area contributed by atoms with Crippen LogP contribution in [0.3, 0.4) is 0 Å². The van der Waals surface area contributed by atoms with Gasteiger partial charge in [-0.25, -0.2) is 0 Å². The van der Waals surface area contributed by atoms with E-state index in [1.165, 1.54) is 7.11 Å². The summed E-state index contributed by atoms with van der Waals surface area (Å²) in [5, 5.41) is 12.8. The van der Waals surface area contributed by atoms with E-state index in [2.05, 4.69) is 10.3 Å². The first-order valence-corrected chi connectivity index (χ1v) is 9.97. The quantitative estimate of drug-likeness (QED) is 0.539. The topological polar surface area (TPSA) is 103 Å². The number of ether oxygens (including phenoxy) is 2. The first-order chi connectivity index (χ1) is 13.5. The average Bonchev–Trinajstić information content (AvgIpc) is 3.20. The number of anilines is 1. The molecule has 1 fully saturated rings. The lowest BCUT2D eigenvalue weighted by Gasteiger charge is -2.17. The van der Waals surface area contributed by atoms with Crippen molar-refractivity contribution in [2.24, 2.45) is 0 Å². The zero-order chi connectivity index (χ0) is 20.1. The molecule has 8 nitrogen and oxygen atoms in total. The van der Waals surface area contributed by atoms with E-state index in [4.69, 9.17) is 9.47 Å². The molecule has 150 valence electrons. The third kappa shape index (κ3) is 4.59. The van der Waals surface area contributed by atoms with E-state index >= 15 is 0 Å². The molecule has 0 bridgehead atoms. The Kier molecular flexibility index (Phi) is 6.45. The number of hydrogen-bond donors (Lipinski definition) is 2. The fraction of sp³-hybridized carbons (Fsp3) is 0.421. The third-order valence-corrected chi connectivity index (χ3v) is 5.55. The number of nitrogens with zero attached hydrogens (tertiary/aromatic N) is 2. The fourth-order valence-corrected chi connectivity index (χ4v) is 4.17. The zero-order valence-corrected chi connectivity index (χ0v) is 16.6. The van der Waals surface area contributed by atoms with Crippen molar-refractivity contribution in [2.75, 3.05) is 25.3 Å². The van der Waals surface area contributed by atoms with E-state index in [1.807, 2.05) is 0 Å². The molecule has 1 aliphatic carbocycles. The summed E-state index contributed by atoms with van der Waals surface area (Å²) >= 11 is 1.13. The summed E-state index contributed by atoms with van der Waals surface area (Å²) < 4.78 is 12.0. The van der Waals surface area contributed by atoms with Gasteiger partial charge >= 0.3 is 0 Å². The molecule has 2 N–H and O–H groups in total. The Balaban J connectivity index is 1.70. The molecule has 0 radical (unpaired) electrons. The minimum absolute atomic E-state index is 0.0525. The lowest BCUT2D eigenvalue weighted by atomic mass is 10.2. The van der Waals surface area contributed by atoms with Crippen molar-refractivity contribution in [3.8, 4) is 17.4 Å². The molecule has 0 spiro atoms. The molecule has 1 amide bonds. The van der Waals surface area contributed by atoms with Gasteiger partial charge in [0, 0.05) is 17.8 Å². The molecule has 1 aliphatic rings. The number of aromatic hydroxyl groups is 1. The van der Waals surface area contributed by atoms with Crippen LogP contribution in [0.2, 0.25) is 0 Å². The maximum atomic E-state index is 12.4. The Morgan fingerprint density at radius 1 is 1.25 bits per heavy atom. The van der Waals surface area contributed by atoms with Gasteiger partial charge in [0.1, 0.15) is 0 Å². The molecule has 1 aromatic heterocycles. The molecule has 1 saturated carbocycles. The number of amides is 1. The van der Waals surface area contributed by atoms with Crippen LogP contribution in [0.4, 0.5) is 5.69 Å². The van der Waals surface area contributed by atoms with Crippen LogP contribution in [0.25, 0.3) is 0 Å². The number of carbonyl (C=O) groups excluding carboxylic acids is 1. The number of aromatic nitrogens is 2. The Hall–Kier alpha value is -2.68. The number of thioether (sulfide) groups is 1. The molecule has 1 aromatic carbocycles. The Labute approximate surface area is 166 Å². The second-order valence-electron chi connectivity index (χ2n) is 6.45. The summed E-state index contributed by atoms with van der Waals surface area (Å²) in [6.07, 6.45) is 3.92. The number of benzene rings is 1. The van der Waals surface area contributed by atoms with Crippen LogP contribution in [-0.4, -0.2) is 40.5 Å². The molecule has 3 rings (SSSR count). The van der Waals surface area contributed by atoms with Crippen molar-refractivity contribution in [1.82, 2.24) is 9.55 Å². The number of nitrogens with one attached hydrogen (secondary N) is 1. The molecule has 28 heavy (non-hydrogen) atoms. The summed E-state index contributed by atoms with van der Waals surface area (Å²) in [5.41, 5.74) is 0.280. The van der Waals surface area contributed by atoms with Crippen molar-refractivity contribution in [1.29, 1.82) is 0 Å². The van der Waals surface area contributed by atoms with Gasteiger partial charge in [-0.15, -0.1) is 0 Å². The van der Waals surface area contributed by atoms with E-state index in [1.54, 1.807) is 29.9 Å². The van der Waals surface area contributed by atoms with Crippen LogP contribution in [0, 0.1) is 0 Å². The van der Waals surface area contributed by atoms with Gasteiger partial charge in [-0.05, 0) is 25.0 Å². The summed E-state index contributed by atoms with van der Waals surface area (Å²) in [5.74, 6) is 0.545. The van der Waals surface area contributed by atoms with E-state index in [9.17, 15) is 14.7 Å². The van der Waals surface area contributed by atoms with Crippen LogP contribution >= 0.6 is 11.8 Å². The lowest BCUT2D eigenvalue weighted by Crippen LogP contribution is -2.26. The lowest BCUT2D eigenvalue weighted by molar-refractivity contribution is -0.113. The maximum absolute atomic E-state index is 12.4. The van der Waals surface area contributed by atoms with Gasteiger partial charge in [-0.3, -0.25) is 14.2 Å². The first-order valence-electron chi connectivity index (χ1n) is 8.99.